The van der Waals surface area contributed by atoms with Crippen LogP contribution in [0.5, 0.6) is 0 Å². The normalized spacial score (nSPS) is 12.1. The summed E-state index contributed by atoms with van der Waals surface area (Å²) < 4.78 is 0. The van der Waals surface area contributed by atoms with E-state index in [-0.39, 0.29) is 0 Å². The number of benzene rings is 2. The maximum atomic E-state index is 3.77. The second-order valence-corrected chi connectivity index (χ2v) is 7.29. The molecule has 0 bridgehead atoms. The SMILES string of the molecule is C=CC/C=C\C(C)=C(\C)CCc1cccc(C)c1CN(C)c1ccccc1. The van der Waals surface area contributed by atoms with Crippen LogP contribution in [-0.4, -0.2) is 7.05 Å². The van der Waals surface area contributed by atoms with Gasteiger partial charge < -0.3 is 4.90 Å². The standard InChI is InChI=1S/C26H33N/c1-6-7-9-13-21(2)22(3)18-19-24-15-12-14-23(4)26(24)20-27(5)25-16-10-8-11-17-25/h6,8-17H,1,7,18-20H2,2-5H3/b13-9-,22-21-. The number of nitrogens with zero attached hydrogens (tertiary/aromatic N) is 1. The number of hydrogen-bond acceptors (Lipinski definition) is 1. The van der Waals surface area contributed by atoms with E-state index in [2.05, 4.69) is 100.0 Å². The van der Waals surface area contributed by atoms with Crippen molar-refractivity contribution >= 4 is 5.69 Å². The minimum atomic E-state index is 0.929. The van der Waals surface area contributed by atoms with Crippen LogP contribution in [0.1, 0.15) is 43.4 Å². The highest BCUT2D eigenvalue weighted by Crippen LogP contribution is 2.23. The molecule has 1 heteroatoms. The average Bonchev–Trinajstić information content (AvgIpc) is 2.68. The lowest BCUT2D eigenvalue weighted by molar-refractivity contribution is 0.861. The predicted molar refractivity (Wildman–Crippen MR) is 120 cm³/mol. The van der Waals surface area contributed by atoms with E-state index in [1.165, 1.54) is 33.5 Å². The zero-order chi connectivity index (χ0) is 19.6. The maximum absolute atomic E-state index is 3.77. The highest BCUT2D eigenvalue weighted by molar-refractivity contribution is 5.47. The molecule has 0 aliphatic rings. The second-order valence-electron chi connectivity index (χ2n) is 7.29. The van der Waals surface area contributed by atoms with E-state index in [4.69, 9.17) is 0 Å². The molecule has 27 heavy (non-hydrogen) atoms. The molecule has 0 unspecified atom stereocenters. The Morgan fingerprint density at radius 2 is 1.78 bits per heavy atom. The highest BCUT2D eigenvalue weighted by Gasteiger charge is 2.10. The summed E-state index contributed by atoms with van der Waals surface area (Å²) in [6.07, 6.45) is 9.43. The van der Waals surface area contributed by atoms with Gasteiger partial charge in [-0.2, -0.15) is 0 Å². The van der Waals surface area contributed by atoms with Gasteiger partial charge >= 0.3 is 0 Å². The summed E-state index contributed by atoms with van der Waals surface area (Å²) in [5.74, 6) is 0. The second kappa shape index (κ2) is 10.6. The quantitative estimate of drug-likeness (QED) is 0.343. The zero-order valence-corrected chi connectivity index (χ0v) is 17.3. The summed E-state index contributed by atoms with van der Waals surface area (Å²) in [7, 11) is 2.17. The monoisotopic (exact) mass is 359 g/mol. The van der Waals surface area contributed by atoms with Gasteiger partial charge in [0.05, 0.1) is 0 Å². The van der Waals surface area contributed by atoms with Crippen molar-refractivity contribution in [3.63, 3.8) is 0 Å². The number of anilines is 1. The molecule has 0 aliphatic carbocycles. The van der Waals surface area contributed by atoms with Gasteiger partial charge in [-0.3, -0.25) is 0 Å². The third-order valence-corrected chi connectivity index (χ3v) is 5.21. The van der Waals surface area contributed by atoms with Crippen LogP contribution >= 0.6 is 0 Å². The van der Waals surface area contributed by atoms with Gasteiger partial charge in [0, 0.05) is 19.3 Å². The highest BCUT2D eigenvalue weighted by atomic mass is 15.1. The third kappa shape index (κ3) is 6.29. The van der Waals surface area contributed by atoms with E-state index in [9.17, 15) is 0 Å². The molecule has 2 aromatic carbocycles. The molecule has 2 rings (SSSR count). The molecule has 0 spiro atoms. The number of aryl methyl sites for hydroxylation is 2. The van der Waals surface area contributed by atoms with E-state index in [1.54, 1.807) is 0 Å². The molecule has 0 N–H and O–H groups in total. The van der Waals surface area contributed by atoms with Gasteiger partial charge in [0.25, 0.3) is 0 Å². The maximum Gasteiger partial charge on any atom is 0.0431 e. The van der Waals surface area contributed by atoms with Crippen LogP contribution < -0.4 is 4.90 Å². The van der Waals surface area contributed by atoms with Crippen LogP contribution in [0.15, 0.2) is 84.5 Å². The summed E-state index contributed by atoms with van der Waals surface area (Å²) in [6, 6.07) is 17.3. The molecule has 142 valence electrons. The van der Waals surface area contributed by atoms with Gasteiger partial charge in [0.15, 0.2) is 0 Å². The van der Waals surface area contributed by atoms with Crippen molar-refractivity contribution in [1.82, 2.24) is 0 Å². The van der Waals surface area contributed by atoms with Crippen molar-refractivity contribution in [2.45, 2.75) is 46.6 Å². The molecule has 0 fully saturated rings. The fourth-order valence-electron chi connectivity index (χ4n) is 3.24. The smallest absolute Gasteiger partial charge is 0.0431 e. The van der Waals surface area contributed by atoms with Gasteiger partial charge in [-0.1, -0.05) is 65.8 Å². The molecule has 0 heterocycles. The molecular weight excluding hydrogens is 326 g/mol. The summed E-state index contributed by atoms with van der Waals surface area (Å²) in [5, 5.41) is 0. The lowest BCUT2D eigenvalue weighted by atomic mass is 9.95. The molecular formula is C26H33N. The summed E-state index contributed by atoms with van der Waals surface area (Å²) in [5.41, 5.74) is 8.37. The van der Waals surface area contributed by atoms with Crippen LogP contribution in [0, 0.1) is 6.92 Å². The molecule has 0 atom stereocenters. The van der Waals surface area contributed by atoms with Crippen molar-refractivity contribution in [1.29, 1.82) is 0 Å². The van der Waals surface area contributed by atoms with Crippen molar-refractivity contribution in [3.8, 4) is 0 Å². The molecule has 0 saturated heterocycles. The summed E-state index contributed by atoms with van der Waals surface area (Å²) in [6.45, 7) is 11.4. The largest absolute Gasteiger partial charge is 0.370 e. The first-order chi connectivity index (χ1) is 13.0. The van der Waals surface area contributed by atoms with Crippen molar-refractivity contribution in [2.75, 3.05) is 11.9 Å². The Labute approximate surface area is 165 Å². The van der Waals surface area contributed by atoms with Crippen LogP contribution in [0.25, 0.3) is 0 Å². The van der Waals surface area contributed by atoms with Gasteiger partial charge in [-0.05, 0) is 68.9 Å². The number of hydrogen-bond donors (Lipinski definition) is 0. The average molecular weight is 360 g/mol. The molecule has 0 aromatic heterocycles. The van der Waals surface area contributed by atoms with Crippen molar-refractivity contribution < 1.29 is 0 Å². The lowest BCUT2D eigenvalue weighted by Crippen LogP contribution is -2.18. The first kappa shape index (κ1) is 20.8. The minimum Gasteiger partial charge on any atom is -0.370 e. The topological polar surface area (TPSA) is 3.24 Å². The lowest BCUT2D eigenvalue weighted by Gasteiger charge is -2.23. The molecule has 0 aliphatic heterocycles. The fourth-order valence-corrected chi connectivity index (χ4v) is 3.24. The summed E-state index contributed by atoms with van der Waals surface area (Å²) >= 11 is 0. The van der Waals surface area contributed by atoms with E-state index >= 15 is 0 Å². The Morgan fingerprint density at radius 3 is 2.48 bits per heavy atom. The predicted octanol–water partition coefficient (Wildman–Crippen LogP) is 7.03. The molecule has 0 amide bonds. The Bertz CT molecular complexity index is 796. The zero-order valence-electron chi connectivity index (χ0n) is 17.3. The van der Waals surface area contributed by atoms with Crippen LogP contribution in [0.3, 0.4) is 0 Å². The number of para-hydroxylation sites is 1. The first-order valence-corrected chi connectivity index (χ1v) is 9.80. The van der Waals surface area contributed by atoms with E-state index in [0.29, 0.717) is 0 Å². The molecule has 2 aromatic rings. The Kier molecular flexibility index (Phi) is 8.13. The molecule has 1 nitrogen and oxygen atoms in total. The Morgan fingerprint density at radius 1 is 1.04 bits per heavy atom. The number of allylic oxidation sites excluding steroid dienone is 5. The number of rotatable bonds is 9. The Hall–Kier alpha value is -2.54. The van der Waals surface area contributed by atoms with E-state index in [1.807, 2.05) is 6.08 Å². The van der Waals surface area contributed by atoms with Crippen molar-refractivity contribution in [3.05, 3.63) is 101 Å². The van der Waals surface area contributed by atoms with Gasteiger partial charge in [-0.15, -0.1) is 6.58 Å². The van der Waals surface area contributed by atoms with E-state index in [0.717, 1.165) is 25.8 Å². The Balaban J connectivity index is 2.13. The van der Waals surface area contributed by atoms with E-state index < -0.39 is 0 Å². The first-order valence-electron chi connectivity index (χ1n) is 9.80. The molecule has 0 saturated carbocycles. The summed E-state index contributed by atoms with van der Waals surface area (Å²) in [4.78, 5) is 2.33. The molecule has 0 radical (unpaired) electrons. The minimum absolute atomic E-state index is 0.929. The van der Waals surface area contributed by atoms with Crippen LogP contribution in [-0.2, 0) is 13.0 Å². The van der Waals surface area contributed by atoms with Gasteiger partial charge in [0.2, 0.25) is 0 Å². The van der Waals surface area contributed by atoms with Gasteiger partial charge in [0.1, 0.15) is 0 Å². The fraction of sp³-hybridized carbons (Fsp3) is 0.308. The van der Waals surface area contributed by atoms with Crippen LogP contribution in [0.4, 0.5) is 5.69 Å². The van der Waals surface area contributed by atoms with Gasteiger partial charge in [-0.25, -0.2) is 0 Å². The third-order valence-electron chi connectivity index (χ3n) is 5.21. The van der Waals surface area contributed by atoms with Crippen molar-refractivity contribution in [2.24, 2.45) is 0 Å². The van der Waals surface area contributed by atoms with Crippen LogP contribution in [0.2, 0.25) is 0 Å².